The molecule has 0 saturated carbocycles. The molecule has 1 saturated heterocycles. The van der Waals surface area contributed by atoms with E-state index < -0.39 is 11.5 Å². The maximum Gasteiger partial charge on any atom is 0.293 e. The number of nitrogens with zero attached hydrogens (tertiary/aromatic N) is 4. The van der Waals surface area contributed by atoms with Gasteiger partial charge in [-0.15, -0.1) is 4.73 Å². The Bertz CT molecular complexity index is 1470. The highest BCUT2D eigenvalue weighted by atomic mass is 35.5. The van der Waals surface area contributed by atoms with Gasteiger partial charge in [0.1, 0.15) is 7.11 Å². The van der Waals surface area contributed by atoms with Crippen molar-refractivity contribution in [3.63, 3.8) is 0 Å². The predicted molar refractivity (Wildman–Crippen MR) is 136 cm³/mol. The van der Waals surface area contributed by atoms with Crippen molar-refractivity contribution in [3.05, 3.63) is 80.7 Å². The second-order valence-corrected chi connectivity index (χ2v) is 9.36. The summed E-state index contributed by atoms with van der Waals surface area (Å²) in [6, 6.07) is 14.0. The molecule has 0 aliphatic carbocycles. The Labute approximate surface area is 215 Å². The summed E-state index contributed by atoms with van der Waals surface area (Å²) in [5.41, 5.74) is 2.08. The number of anilines is 2. The Hall–Kier alpha value is -3.27. The van der Waals surface area contributed by atoms with Gasteiger partial charge in [-0.1, -0.05) is 41.4 Å². The highest BCUT2D eigenvalue weighted by Crippen LogP contribution is 2.34. The summed E-state index contributed by atoms with van der Waals surface area (Å²) < 4.78 is 27.9. The second-order valence-electron chi connectivity index (χ2n) is 8.55. The van der Waals surface area contributed by atoms with Gasteiger partial charge in [-0.25, -0.2) is 13.8 Å². The molecule has 11 heteroatoms. The van der Waals surface area contributed by atoms with E-state index in [-0.39, 0.29) is 30.1 Å². The fourth-order valence-electron chi connectivity index (χ4n) is 4.26. The molecule has 0 unspecified atom stereocenters. The third kappa shape index (κ3) is 4.86. The van der Waals surface area contributed by atoms with Crippen LogP contribution in [-0.2, 0) is 6.54 Å². The smallest absolute Gasteiger partial charge is 0.293 e. The van der Waals surface area contributed by atoms with E-state index in [1.54, 1.807) is 35.4 Å². The average Bonchev–Trinajstić information content (AvgIpc) is 3.18. The highest BCUT2D eigenvalue weighted by Gasteiger charge is 2.37. The monoisotopic (exact) mass is 531 g/mol. The van der Waals surface area contributed by atoms with Crippen LogP contribution in [0.1, 0.15) is 12.0 Å². The molecule has 7 nitrogen and oxygen atoms in total. The van der Waals surface area contributed by atoms with Crippen LogP contribution in [-0.4, -0.2) is 45.7 Å². The van der Waals surface area contributed by atoms with Crippen LogP contribution in [0.4, 0.5) is 20.4 Å². The Morgan fingerprint density at radius 1 is 1.14 bits per heavy atom. The van der Waals surface area contributed by atoms with E-state index in [0.29, 0.717) is 39.8 Å². The first-order valence-electron chi connectivity index (χ1n) is 11.1. The molecule has 186 valence electrons. The molecule has 2 aromatic heterocycles. The summed E-state index contributed by atoms with van der Waals surface area (Å²) in [5.74, 6) is -2.36. The number of benzene rings is 2. The zero-order valence-electron chi connectivity index (χ0n) is 19.1. The van der Waals surface area contributed by atoms with E-state index in [2.05, 4.69) is 15.3 Å². The third-order valence-corrected chi connectivity index (χ3v) is 6.61. The van der Waals surface area contributed by atoms with E-state index >= 15 is 0 Å². The first kappa shape index (κ1) is 24.4. The summed E-state index contributed by atoms with van der Waals surface area (Å²) in [6.07, 6.45) is 1.46. The van der Waals surface area contributed by atoms with Crippen molar-refractivity contribution in [2.75, 3.05) is 25.5 Å². The lowest BCUT2D eigenvalue weighted by Gasteiger charge is -2.16. The SMILES string of the molecule is COn1c(=O)c(-c2c(Cl)cccc2Cl)cc2cnc(Nc3ccc(CN4CCC(F)(F)C4)cc3)nc21. The van der Waals surface area contributed by atoms with Gasteiger partial charge in [-0.2, -0.15) is 4.98 Å². The molecule has 1 fully saturated rings. The normalized spacial score (nSPS) is 15.4. The number of nitrogens with one attached hydrogen (secondary N) is 1. The van der Waals surface area contributed by atoms with Crippen molar-refractivity contribution in [2.45, 2.75) is 18.9 Å². The van der Waals surface area contributed by atoms with Crippen LogP contribution in [0.5, 0.6) is 0 Å². The minimum absolute atomic E-state index is 0.106. The van der Waals surface area contributed by atoms with Crippen LogP contribution in [0.2, 0.25) is 10.0 Å². The van der Waals surface area contributed by atoms with Crippen LogP contribution >= 0.6 is 23.2 Å². The maximum atomic E-state index is 13.4. The fourth-order valence-corrected chi connectivity index (χ4v) is 4.86. The van der Waals surface area contributed by atoms with Crippen molar-refractivity contribution < 1.29 is 13.6 Å². The Balaban J connectivity index is 1.41. The molecule has 0 radical (unpaired) electrons. The minimum Gasteiger partial charge on any atom is -0.412 e. The van der Waals surface area contributed by atoms with Crippen LogP contribution in [0.15, 0.2) is 59.5 Å². The van der Waals surface area contributed by atoms with Crippen LogP contribution < -0.4 is 15.7 Å². The van der Waals surface area contributed by atoms with Gasteiger partial charge in [-0.3, -0.25) is 9.69 Å². The number of hydrogen-bond donors (Lipinski definition) is 1. The molecule has 0 atom stereocenters. The number of pyridine rings is 1. The second kappa shape index (κ2) is 9.65. The van der Waals surface area contributed by atoms with Crippen LogP contribution in [0.25, 0.3) is 22.2 Å². The molecule has 2 aromatic carbocycles. The Morgan fingerprint density at radius 2 is 1.86 bits per heavy atom. The summed E-state index contributed by atoms with van der Waals surface area (Å²) in [7, 11) is 1.36. The first-order chi connectivity index (χ1) is 17.2. The molecule has 5 rings (SSSR count). The summed E-state index contributed by atoms with van der Waals surface area (Å²) in [4.78, 5) is 29.1. The zero-order valence-corrected chi connectivity index (χ0v) is 20.7. The molecule has 36 heavy (non-hydrogen) atoms. The van der Waals surface area contributed by atoms with Gasteiger partial charge in [0.15, 0.2) is 5.65 Å². The summed E-state index contributed by atoms with van der Waals surface area (Å²) >= 11 is 12.6. The topological polar surface area (TPSA) is 72.3 Å². The van der Waals surface area contributed by atoms with Crippen molar-refractivity contribution >= 4 is 45.9 Å². The van der Waals surface area contributed by atoms with E-state index in [1.165, 1.54) is 7.11 Å². The molecule has 3 heterocycles. The lowest BCUT2D eigenvalue weighted by Crippen LogP contribution is -2.27. The van der Waals surface area contributed by atoms with Gasteiger partial charge in [-0.05, 0) is 35.9 Å². The quantitative estimate of drug-likeness (QED) is 0.358. The Morgan fingerprint density at radius 3 is 2.50 bits per heavy atom. The van der Waals surface area contributed by atoms with Crippen molar-refractivity contribution in [2.24, 2.45) is 0 Å². The van der Waals surface area contributed by atoms with Crippen molar-refractivity contribution in [3.8, 4) is 11.1 Å². The minimum atomic E-state index is -2.61. The lowest BCUT2D eigenvalue weighted by molar-refractivity contribution is 0.0115. The third-order valence-electron chi connectivity index (χ3n) is 5.98. The van der Waals surface area contributed by atoms with Gasteiger partial charge in [0.2, 0.25) is 5.95 Å². The molecule has 1 aliphatic heterocycles. The number of rotatable bonds is 6. The lowest BCUT2D eigenvalue weighted by atomic mass is 10.1. The summed E-state index contributed by atoms with van der Waals surface area (Å²) in [5, 5.41) is 4.31. The van der Waals surface area contributed by atoms with E-state index in [0.717, 1.165) is 10.3 Å². The molecule has 4 aromatic rings. The van der Waals surface area contributed by atoms with E-state index in [4.69, 9.17) is 28.0 Å². The fraction of sp³-hybridized carbons (Fsp3) is 0.240. The van der Waals surface area contributed by atoms with Gasteiger partial charge in [0.05, 0.1) is 22.2 Å². The molecule has 1 aliphatic rings. The first-order valence-corrected chi connectivity index (χ1v) is 11.9. The molecular formula is C25H21Cl2F2N5O2. The maximum absolute atomic E-state index is 13.4. The van der Waals surface area contributed by atoms with Gasteiger partial charge >= 0.3 is 0 Å². The predicted octanol–water partition coefficient (Wildman–Crippen LogP) is 5.41. The number of fused-ring (bicyclic) bond motifs is 1. The largest absolute Gasteiger partial charge is 0.412 e. The van der Waals surface area contributed by atoms with Gasteiger partial charge in [0, 0.05) is 42.3 Å². The molecule has 0 spiro atoms. The summed E-state index contributed by atoms with van der Waals surface area (Å²) in [6.45, 7) is 0.618. The number of hydrogen-bond acceptors (Lipinski definition) is 6. The Kier molecular flexibility index (Phi) is 6.55. The number of likely N-dealkylation sites (tertiary alicyclic amines) is 1. The average molecular weight is 532 g/mol. The van der Waals surface area contributed by atoms with Gasteiger partial charge in [0.25, 0.3) is 11.5 Å². The van der Waals surface area contributed by atoms with Crippen LogP contribution in [0, 0.1) is 0 Å². The molecule has 0 bridgehead atoms. The van der Waals surface area contributed by atoms with Crippen molar-refractivity contribution in [1.82, 2.24) is 19.6 Å². The number of alkyl halides is 2. The number of aromatic nitrogens is 3. The number of halogens is 4. The molecule has 1 N–H and O–H groups in total. The standard InChI is InChI=1S/C25H21Cl2F2N5O2/c1-36-34-22-16(11-18(23(34)35)21-19(26)3-2-4-20(21)27)12-30-24(32-22)31-17-7-5-15(6-8-17)13-33-10-9-25(28,29)14-33/h2-8,11-12H,9-10,13-14H2,1H3,(H,30,31,32). The van der Waals surface area contributed by atoms with E-state index in [9.17, 15) is 13.6 Å². The molecule has 0 amide bonds. The van der Waals surface area contributed by atoms with Gasteiger partial charge < -0.3 is 10.2 Å². The van der Waals surface area contributed by atoms with E-state index in [1.807, 2.05) is 24.3 Å². The van der Waals surface area contributed by atoms with Crippen LogP contribution in [0.3, 0.4) is 0 Å². The zero-order chi connectivity index (χ0) is 25.4. The molecular weight excluding hydrogens is 511 g/mol. The van der Waals surface area contributed by atoms with Crippen molar-refractivity contribution in [1.29, 1.82) is 0 Å². The highest BCUT2D eigenvalue weighted by molar-refractivity contribution is 6.39.